The van der Waals surface area contributed by atoms with Gasteiger partial charge >= 0.3 is 11.9 Å². The maximum absolute atomic E-state index is 13.4. The van der Waals surface area contributed by atoms with Gasteiger partial charge in [-0.2, -0.15) is 0 Å². The number of unbranched alkanes of at least 4 members (excludes halogenated alkanes) is 5. The molecule has 0 aromatic rings. The molecule has 186 valence electrons. The Balaban J connectivity index is 3.18. The van der Waals surface area contributed by atoms with Gasteiger partial charge in [-0.1, -0.05) is 98.6 Å². The van der Waals surface area contributed by atoms with Gasteiger partial charge < -0.3 is 9.47 Å². The van der Waals surface area contributed by atoms with Gasteiger partial charge in [-0.05, 0) is 42.9 Å². The van der Waals surface area contributed by atoms with Crippen LogP contribution in [0.5, 0.6) is 0 Å². The first kappa shape index (κ1) is 28.7. The van der Waals surface area contributed by atoms with Crippen LogP contribution in [0.25, 0.3) is 0 Å². The fourth-order valence-corrected chi connectivity index (χ4v) is 4.64. The number of esters is 2. The van der Waals surface area contributed by atoms with Crippen LogP contribution in [0.15, 0.2) is 12.2 Å². The van der Waals surface area contributed by atoms with Gasteiger partial charge in [0.1, 0.15) is 0 Å². The topological polar surface area (TPSA) is 52.6 Å². The van der Waals surface area contributed by atoms with Crippen LogP contribution in [0.2, 0.25) is 0 Å². The Morgan fingerprint density at radius 1 is 0.781 bits per heavy atom. The van der Waals surface area contributed by atoms with Crippen molar-refractivity contribution in [1.82, 2.24) is 0 Å². The molecule has 0 amide bonds. The van der Waals surface area contributed by atoms with Gasteiger partial charge in [-0.3, -0.25) is 9.59 Å². The molecule has 0 saturated carbocycles. The lowest BCUT2D eigenvalue weighted by atomic mass is 9.72. The van der Waals surface area contributed by atoms with Crippen molar-refractivity contribution < 1.29 is 19.1 Å². The van der Waals surface area contributed by atoms with E-state index in [1.165, 1.54) is 12.8 Å². The van der Waals surface area contributed by atoms with Crippen LogP contribution in [0.3, 0.4) is 0 Å². The normalized spacial score (nSPS) is 23.4. The van der Waals surface area contributed by atoms with Gasteiger partial charge in [-0.15, -0.1) is 0 Å². The van der Waals surface area contributed by atoms with E-state index in [0.717, 1.165) is 51.4 Å². The van der Waals surface area contributed by atoms with E-state index in [1.807, 2.05) is 27.7 Å². The third-order valence-corrected chi connectivity index (χ3v) is 6.41. The van der Waals surface area contributed by atoms with Gasteiger partial charge in [0.25, 0.3) is 0 Å². The Labute approximate surface area is 197 Å². The number of rotatable bonds is 15. The fourth-order valence-electron chi connectivity index (χ4n) is 4.64. The smallest absolute Gasteiger partial charge is 0.310 e. The Morgan fingerprint density at radius 2 is 1.31 bits per heavy atom. The summed E-state index contributed by atoms with van der Waals surface area (Å²) in [5.74, 6) is -0.551. The maximum Gasteiger partial charge on any atom is 0.310 e. The number of hydrogen-bond donors (Lipinski definition) is 0. The molecule has 1 aliphatic rings. The first-order chi connectivity index (χ1) is 15.3. The number of allylic oxidation sites excluding steroid dienone is 2. The molecule has 0 heterocycles. The molecule has 0 bridgehead atoms. The summed E-state index contributed by atoms with van der Waals surface area (Å²) in [5.41, 5.74) is 0. The second kappa shape index (κ2) is 16.3. The Morgan fingerprint density at radius 3 is 1.88 bits per heavy atom. The van der Waals surface area contributed by atoms with Crippen LogP contribution < -0.4 is 0 Å². The predicted octanol–water partition coefficient (Wildman–Crippen LogP) is 7.36. The van der Waals surface area contributed by atoms with E-state index in [4.69, 9.17) is 9.47 Å². The molecule has 1 aliphatic carbocycles. The SMILES string of the molecule is CCCCCCC1C=CCC(CCCCC)C(C(=O)OCC(C)C)C1C(=O)OCC(C)C. The second-order valence-electron chi connectivity index (χ2n) is 10.5. The average molecular weight is 451 g/mol. The van der Waals surface area contributed by atoms with Crippen LogP contribution >= 0.6 is 0 Å². The highest BCUT2D eigenvalue weighted by Gasteiger charge is 2.45. The van der Waals surface area contributed by atoms with E-state index in [-0.39, 0.29) is 35.6 Å². The molecule has 1 rings (SSSR count). The average Bonchev–Trinajstić information content (AvgIpc) is 2.93. The van der Waals surface area contributed by atoms with Crippen LogP contribution in [0, 0.1) is 35.5 Å². The second-order valence-corrected chi connectivity index (χ2v) is 10.5. The molecule has 0 aromatic carbocycles. The summed E-state index contributed by atoms with van der Waals surface area (Å²) in [7, 11) is 0. The maximum atomic E-state index is 13.4. The molecule has 4 atom stereocenters. The molecule has 0 aliphatic heterocycles. The molecule has 0 saturated heterocycles. The lowest BCUT2D eigenvalue weighted by Gasteiger charge is -2.33. The molecule has 4 nitrogen and oxygen atoms in total. The number of carbonyl (C=O) groups excluding carboxylic acids is 2. The van der Waals surface area contributed by atoms with Crippen molar-refractivity contribution in [1.29, 1.82) is 0 Å². The first-order valence-electron chi connectivity index (χ1n) is 13.3. The van der Waals surface area contributed by atoms with Gasteiger partial charge in [0.05, 0.1) is 25.0 Å². The lowest BCUT2D eigenvalue weighted by molar-refractivity contribution is -0.166. The Bertz CT molecular complexity index is 552. The van der Waals surface area contributed by atoms with Crippen molar-refractivity contribution in [2.75, 3.05) is 13.2 Å². The Hall–Kier alpha value is -1.32. The minimum Gasteiger partial charge on any atom is -0.465 e. The highest BCUT2D eigenvalue weighted by atomic mass is 16.5. The van der Waals surface area contributed by atoms with E-state index in [1.54, 1.807) is 0 Å². The van der Waals surface area contributed by atoms with E-state index < -0.39 is 11.8 Å². The summed E-state index contributed by atoms with van der Waals surface area (Å²) >= 11 is 0. The van der Waals surface area contributed by atoms with Crippen molar-refractivity contribution >= 4 is 11.9 Å². The first-order valence-corrected chi connectivity index (χ1v) is 13.3. The molecule has 0 aromatic heterocycles. The van der Waals surface area contributed by atoms with Crippen molar-refractivity contribution in [2.24, 2.45) is 35.5 Å². The van der Waals surface area contributed by atoms with Crippen molar-refractivity contribution in [2.45, 2.75) is 106 Å². The largest absolute Gasteiger partial charge is 0.465 e. The highest BCUT2D eigenvalue weighted by Crippen LogP contribution is 2.40. The molecule has 0 fully saturated rings. The molecule has 4 unspecified atom stereocenters. The zero-order valence-electron chi connectivity index (χ0n) is 21.7. The van der Waals surface area contributed by atoms with Crippen molar-refractivity contribution in [3.63, 3.8) is 0 Å². The third-order valence-electron chi connectivity index (χ3n) is 6.41. The van der Waals surface area contributed by atoms with E-state index >= 15 is 0 Å². The predicted molar refractivity (Wildman–Crippen MR) is 132 cm³/mol. The molecule has 0 spiro atoms. The molecule has 0 N–H and O–H groups in total. The monoisotopic (exact) mass is 450 g/mol. The minimum atomic E-state index is -0.444. The van der Waals surface area contributed by atoms with Gasteiger partial charge in [0, 0.05) is 0 Å². The fraction of sp³-hybridized carbons (Fsp3) is 0.857. The standard InChI is InChI=1S/C28H50O4/c1-7-9-11-13-16-24-18-14-17-23(15-12-10-8-2)25(27(29)31-19-21(3)4)26(24)28(30)32-20-22(5)6/h14,18,21-26H,7-13,15-17,19-20H2,1-6H3. The van der Waals surface area contributed by atoms with Crippen LogP contribution in [0.4, 0.5) is 0 Å². The van der Waals surface area contributed by atoms with Crippen molar-refractivity contribution in [3.8, 4) is 0 Å². The molecule has 32 heavy (non-hydrogen) atoms. The Kier molecular flexibility index (Phi) is 14.6. The summed E-state index contributed by atoms with van der Waals surface area (Å²) in [4.78, 5) is 26.8. The zero-order chi connectivity index (χ0) is 23.9. The third kappa shape index (κ3) is 10.5. The molecular formula is C28H50O4. The van der Waals surface area contributed by atoms with Crippen molar-refractivity contribution in [3.05, 3.63) is 12.2 Å². The van der Waals surface area contributed by atoms with Gasteiger partial charge in [0.2, 0.25) is 0 Å². The van der Waals surface area contributed by atoms with Crippen LogP contribution in [-0.4, -0.2) is 25.2 Å². The minimum absolute atomic E-state index is 0.0410. The quantitative estimate of drug-likeness (QED) is 0.149. The summed E-state index contributed by atoms with van der Waals surface area (Å²) in [5, 5.41) is 0. The molecular weight excluding hydrogens is 400 g/mol. The summed E-state index contributed by atoms with van der Waals surface area (Å²) < 4.78 is 11.5. The number of ether oxygens (including phenoxy) is 2. The number of carbonyl (C=O) groups is 2. The summed E-state index contributed by atoms with van der Waals surface area (Å²) in [6.45, 7) is 13.4. The van der Waals surface area contributed by atoms with E-state index in [0.29, 0.717) is 13.2 Å². The highest BCUT2D eigenvalue weighted by molar-refractivity contribution is 5.83. The summed E-state index contributed by atoms with van der Waals surface area (Å²) in [6.07, 6.45) is 15.1. The van der Waals surface area contributed by atoms with E-state index in [9.17, 15) is 9.59 Å². The zero-order valence-corrected chi connectivity index (χ0v) is 21.7. The number of hydrogen-bond acceptors (Lipinski definition) is 4. The van der Waals surface area contributed by atoms with Crippen LogP contribution in [0.1, 0.15) is 106 Å². The van der Waals surface area contributed by atoms with Gasteiger partial charge in [0.15, 0.2) is 0 Å². The molecule has 4 heteroatoms. The van der Waals surface area contributed by atoms with Gasteiger partial charge in [-0.25, -0.2) is 0 Å². The molecule has 0 radical (unpaired) electrons. The lowest BCUT2D eigenvalue weighted by Crippen LogP contribution is -2.41. The van der Waals surface area contributed by atoms with E-state index in [2.05, 4.69) is 26.0 Å². The van der Waals surface area contributed by atoms with Crippen LogP contribution in [-0.2, 0) is 19.1 Å². The summed E-state index contributed by atoms with van der Waals surface area (Å²) in [6, 6.07) is 0.